The van der Waals surface area contributed by atoms with E-state index in [2.05, 4.69) is 16.3 Å². The number of ether oxygens (including phenoxy) is 2. The van der Waals surface area contributed by atoms with Gasteiger partial charge in [0.1, 0.15) is 17.1 Å². The molecule has 2 fully saturated rings. The van der Waals surface area contributed by atoms with Gasteiger partial charge in [-0.15, -0.1) is 0 Å². The third-order valence-corrected chi connectivity index (χ3v) is 7.05. The number of rotatable bonds is 8. The summed E-state index contributed by atoms with van der Waals surface area (Å²) in [5.74, 6) is 2.19. The lowest BCUT2D eigenvalue weighted by Gasteiger charge is -2.23. The van der Waals surface area contributed by atoms with Crippen LogP contribution in [0.15, 0.2) is 36.4 Å². The lowest BCUT2D eigenvalue weighted by atomic mass is 10.0. The van der Waals surface area contributed by atoms with Crippen LogP contribution in [-0.2, 0) is 0 Å². The molecule has 2 atom stereocenters. The molecule has 2 aliphatic heterocycles. The number of methoxy groups -OCH3 is 2. The maximum atomic E-state index is 13.2. The molecule has 2 saturated heterocycles. The molecule has 0 saturated carbocycles. The van der Waals surface area contributed by atoms with Crippen LogP contribution >= 0.6 is 11.6 Å². The van der Waals surface area contributed by atoms with Crippen molar-refractivity contribution in [2.24, 2.45) is 11.8 Å². The molecule has 0 spiro atoms. The molecule has 172 valence electrons. The highest BCUT2D eigenvalue weighted by Crippen LogP contribution is 2.35. The van der Waals surface area contributed by atoms with E-state index in [0.717, 1.165) is 62.0 Å². The summed E-state index contributed by atoms with van der Waals surface area (Å²) >= 11 is 6.20. The first-order chi connectivity index (χ1) is 15.5. The number of anilines is 1. The molecule has 0 radical (unpaired) electrons. The first-order valence-electron chi connectivity index (χ1n) is 11.2. The Morgan fingerprint density at radius 3 is 2.31 bits per heavy atom. The van der Waals surface area contributed by atoms with Crippen LogP contribution in [0.5, 0.6) is 11.5 Å². The molecule has 0 bridgehead atoms. The van der Waals surface area contributed by atoms with Crippen LogP contribution in [-0.4, -0.2) is 69.2 Å². The van der Waals surface area contributed by atoms with Crippen LogP contribution in [0, 0.1) is 18.8 Å². The number of likely N-dealkylation sites (tertiary alicyclic amines) is 2. The number of carbonyl (C=O) groups excluding carboxylic acids is 1. The van der Waals surface area contributed by atoms with Gasteiger partial charge in [0.25, 0.3) is 5.91 Å². The van der Waals surface area contributed by atoms with Crippen LogP contribution in [0.2, 0.25) is 5.02 Å². The Labute approximate surface area is 195 Å². The van der Waals surface area contributed by atoms with Gasteiger partial charge in [0.05, 0.1) is 14.2 Å². The first kappa shape index (κ1) is 22.7. The van der Waals surface area contributed by atoms with Gasteiger partial charge >= 0.3 is 0 Å². The molecule has 4 rings (SSSR count). The maximum Gasteiger partial charge on any atom is 0.261 e. The van der Waals surface area contributed by atoms with E-state index in [1.54, 1.807) is 14.2 Å². The van der Waals surface area contributed by atoms with E-state index in [9.17, 15) is 4.79 Å². The second-order valence-electron chi connectivity index (χ2n) is 8.77. The zero-order chi connectivity index (χ0) is 22.7. The van der Waals surface area contributed by atoms with E-state index in [1.165, 1.54) is 0 Å². The molecule has 0 aliphatic carbocycles. The number of amides is 1. The summed E-state index contributed by atoms with van der Waals surface area (Å²) < 4.78 is 10.9. The number of benzene rings is 2. The number of hydrogen-bond acceptors (Lipinski definition) is 5. The van der Waals surface area contributed by atoms with Gasteiger partial charge in [0.15, 0.2) is 0 Å². The second kappa shape index (κ2) is 10.0. The smallest absolute Gasteiger partial charge is 0.261 e. The van der Waals surface area contributed by atoms with Crippen LogP contribution in [0.25, 0.3) is 0 Å². The Balaban J connectivity index is 1.26. The predicted molar refractivity (Wildman–Crippen MR) is 128 cm³/mol. The number of hydrogen-bond donors (Lipinski definition) is 1. The average Bonchev–Trinajstić information content (AvgIpc) is 3.37. The van der Waals surface area contributed by atoms with Gasteiger partial charge in [0, 0.05) is 43.4 Å². The van der Waals surface area contributed by atoms with Gasteiger partial charge in [-0.1, -0.05) is 23.7 Å². The van der Waals surface area contributed by atoms with Crippen molar-refractivity contribution < 1.29 is 14.3 Å². The van der Waals surface area contributed by atoms with Gasteiger partial charge in [-0.2, -0.15) is 0 Å². The van der Waals surface area contributed by atoms with Crippen molar-refractivity contribution in [2.45, 2.75) is 13.3 Å². The fourth-order valence-electron chi connectivity index (χ4n) is 4.90. The quantitative estimate of drug-likeness (QED) is 0.603. The van der Waals surface area contributed by atoms with Crippen LogP contribution in [0.3, 0.4) is 0 Å². The summed E-state index contributed by atoms with van der Waals surface area (Å²) in [7, 11) is 3.18. The number of carbonyl (C=O) groups is 1. The number of aryl methyl sites for hydroxylation is 1. The van der Waals surface area contributed by atoms with Gasteiger partial charge < -0.3 is 24.6 Å². The minimum atomic E-state index is 0.00112. The fourth-order valence-corrected chi connectivity index (χ4v) is 5.08. The summed E-state index contributed by atoms with van der Waals surface area (Å²) in [5, 5.41) is 4.26. The topological polar surface area (TPSA) is 54.0 Å². The molecule has 2 unspecified atom stereocenters. The van der Waals surface area contributed by atoms with Crippen molar-refractivity contribution in [3.05, 3.63) is 52.5 Å². The van der Waals surface area contributed by atoms with Gasteiger partial charge in [-0.25, -0.2) is 0 Å². The van der Waals surface area contributed by atoms with Crippen molar-refractivity contribution in [1.82, 2.24) is 9.80 Å². The Hall–Kier alpha value is -2.44. The van der Waals surface area contributed by atoms with Gasteiger partial charge in [0.2, 0.25) is 0 Å². The molecule has 1 amide bonds. The summed E-state index contributed by atoms with van der Waals surface area (Å²) in [6, 6.07) is 11.6. The molecular formula is C25H32ClN3O3. The zero-order valence-electron chi connectivity index (χ0n) is 19.1. The normalized spacial score (nSPS) is 20.3. The molecule has 6 nitrogen and oxygen atoms in total. The third kappa shape index (κ3) is 4.81. The van der Waals surface area contributed by atoms with Crippen molar-refractivity contribution >= 4 is 23.2 Å². The van der Waals surface area contributed by atoms with E-state index < -0.39 is 0 Å². The van der Waals surface area contributed by atoms with Gasteiger partial charge in [-0.05, 0) is 61.6 Å². The Kier molecular flexibility index (Phi) is 7.11. The fraction of sp³-hybridized carbons (Fsp3) is 0.480. The molecular weight excluding hydrogens is 426 g/mol. The molecule has 1 N–H and O–H groups in total. The second-order valence-corrected chi connectivity index (χ2v) is 9.18. The monoisotopic (exact) mass is 457 g/mol. The van der Waals surface area contributed by atoms with Crippen molar-refractivity contribution in [2.75, 3.05) is 58.8 Å². The molecule has 2 heterocycles. The SMILES string of the molecule is COc1cccc(OC)c1C(=O)N1CC2CN(CCCNc3ccc(C)c(Cl)c3)CC2C1. The van der Waals surface area contributed by atoms with E-state index in [-0.39, 0.29) is 5.91 Å². The zero-order valence-corrected chi connectivity index (χ0v) is 19.8. The summed E-state index contributed by atoms with van der Waals surface area (Å²) in [5.41, 5.74) is 2.69. The number of nitrogens with zero attached hydrogens (tertiary/aromatic N) is 2. The number of nitrogens with one attached hydrogen (secondary N) is 1. The van der Waals surface area contributed by atoms with E-state index in [4.69, 9.17) is 21.1 Å². The summed E-state index contributed by atoms with van der Waals surface area (Å²) in [6.45, 7) is 7.68. The molecule has 2 aromatic carbocycles. The molecule has 0 aromatic heterocycles. The lowest BCUT2D eigenvalue weighted by Crippen LogP contribution is -2.34. The van der Waals surface area contributed by atoms with E-state index in [1.807, 2.05) is 42.2 Å². The summed E-state index contributed by atoms with van der Waals surface area (Å²) in [6.07, 6.45) is 1.08. The molecule has 2 aromatic rings. The largest absolute Gasteiger partial charge is 0.496 e. The highest BCUT2D eigenvalue weighted by Gasteiger charge is 2.42. The number of halogens is 1. The van der Waals surface area contributed by atoms with Crippen LogP contribution in [0.4, 0.5) is 5.69 Å². The highest BCUT2D eigenvalue weighted by atomic mass is 35.5. The Morgan fingerprint density at radius 2 is 1.72 bits per heavy atom. The van der Waals surface area contributed by atoms with Crippen LogP contribution in [0.1, 0.15) is 22.3 Å². The molecule has 2 aliphatic rings. The minimum Gasteiger partial charge on any atom is -0.496 e. The van der Waals surface area contributed by atoms with Crippen molar-refractivity contribution in [3.63, 3.8) is 0 Å². The standard InChI is InChI=1S/C25H32ClN3O3/c1-17-8-9-20(12-21(17)26)27-10-5-11-28-13-18-15-29(16-19(18)14-28)25(30)24-22(31-2)6-4-7-23(24)32-3/h4,6-9,12,18-19,27H,5,10-11,13-16H2,1-3H3. The predicted octanol–water partition coefficient (Wildman–Crippen LogP) is 4.17. The van der Waals surface area contributed by atoms with E-state index >= 15 is 0 Å². The first-order valence-corrected chi connectivity index (χ1v) is 11.6. The Morgan fingerprint density at radius 1 is 1.06 bits per heavy atom. The third-order valence-electron chi connectivity index (χ3n) is 6.64. The Bertz CT molecular complexity index is 931. The molecule has 32 heavy (non-hydrogen) atoms. The van der Waals surface area contributed by atoms with Crippen molar-refractivity contribution in [1.29, 1.82) is 0 Å². The molecule has 7 heteroatoms. The highest BCUT2D eigenvalue weighted by molar-refractivity contribution is 6.31. The van der Waals surface area contributed by atoms with Gasteiger partial charge in [-0.3, -0.25) is 4.79 Å². The lowest BCUT2D eigenvalue weighted by molar-refractivity contribution is 0.0767. The summed E-state index contributed by atoms with van der Waals surface area (Å²) in [4.78, 5) is 17.7. The minimum absolute atomic E-state index is 0.00112. The van der Waals surface area contributed by atoms with E-state index in [0.29, 0.717) is 28.9 Å². The number of fused-ring (bicyclic) bond motifs is 1. The van der Waals surface area contributed by atoms with Crippen LogP contribution < -0.4 is 14.8 Å². The average molecular weight is 458 g/mol. The van der Waals surface area contributed by atoms with Crippen molar-refractivity contribution in [3.8, 4) is 11.5 Å². The maximum absolute atomic E-state index is 13.2.